The summed E-state index contributed by atoms with van der Waals surface area (Å²) in [4.78, 5) is 72.0. The molecule has 0 aliphatic rings. The Kier molecular flexibility index (Phi) is 52.2. The quantitative estimate of drug-likeness (QED) is 0.0222. The van der Waals surface area contributed by atoms with Gasteiger partial charge in [-0.05, 0) is 43.4 Å². The van der Waals surface area contributed by atoms with E-state index in [-0.39, 0.29) is 25.7 Å². The molecule has 0 rings (SSSR count). The van der Waals surface area contributed by atoms with Crippen molar-refractivity contribution in [3.63, 3.8) is 0 Å². The molecule has 17 nitrogen and oxygen atoms in total. The molecule has 0 heterocycles. The number of aliphatic hydroxyl groups excluding tert-OH is 1. The van der Waals surface area contributed by atoms with Gasteiger partial charge in [-0.2, -0.15) is 0 Å². The minimum Gasteiger partial charge on any atom is -0.462 e. The molecule has 0 saturated heterocycles. The maximum absolute atomic E-state index is 12.9. The Bertz CT molecular complexity index is 1610. The van der Waals surface area contributed by atoms with E-state index in [1.165, 1.54) is 103 Å². The number of phosphoric ester groups is 2. The Labute approximate surface area is 492 Å². The lowest BCUT2D eigenvalue weighted by molar-refractivity contribution is -0.161. The normalized spacial score (nSPS) is 14.4. The molecular formula is C62H120O17P2. The summed E-state index contributed by atoms with van der Waals surface area (Å²) < 4.78 is 67.8. The molecule has 0 fully saturated rings. The fourth-order valence-corrected chi connectivity index (χ4v) is 10.7. The van der Waals surface area contributed by atoms with Gasteiger partial charge in [0.2, 0.25) is 0 Å². The number of rotatable bonds is 60. The number of esters is 4. The molecule has 0 aromatic carbocycles. The number of hydrogen-bond acceptors (Lipinski definition) is 15. The van der Waals surface area contributed by atoms with Gasteiger partial charge in [0, 0.05) is 25.7 Å². The smallest absolute Gasteiger partial charge is 0.462 e. The van der Waals surface area contributed by atoms with Crippen LogP contribution in [0.5, 0.6) is 0 Å². The number of unbranched alkanes of at least 4 members (excludes halogenated alkanes) is 28. The first-order valence-corrected chi connectivity index (χ1v) is 35.3. The lowest BCUT2D eigenvalue weighted by Gasteiger charge is -2.21. The predicted molar refractivity (Wildman–Crippen MR) is 321 cm³/mol. The van der Waals surface area contributed by atoms with E-state index in [9.17, 15) is 43.2 Å². The van der Waals surface area contributed by atoms with E-state index in [0.717, 1.165) is 102 Å². The van der Waals surface area contributed by atoms with Crippen molar-refractivity contribution in [1.82, 2.24) is 0 Å². The minimum absolute atomic E-state index is 0.102. The first-order chi connectivity index (χ1) is 38.7. The molecule has 0 spiro atoms. The van der Waals surface area contributed by atoms with Crippen molar-refractivity contribution in [2.24, 2.45) is 17.8 Å². The van der Waals surface area contributed by atoms with Crippen molar-refractivity contribution in [3.05, 3.63) is 0 Å². The Hall–Kier alpha value is -1.94. The van der Waals surface area contributed by atoms with Gasteiger partial charge < -0.3 is 33.8 Å². The first kappa shape index (κ1) is 79.1. The van der Waals surface area contributed by atoms with Gasteiger partial charge in [-0.3, -0.25) is 37.3 Å². The molecule has 480 valence electrons. The third-order valence-corrected chi connectivity index (χ3v) is 16.0. The van der Waals surface area contributed by atoms with Crippen LogP contribution < -0.4 is 0 Å². The standard InChI is InChI=1S/C62H120O17P2/c1-8-9-10-11-12-15-21-29-36-43-59(64)72-50-58(79-62(67)46-39-32-25-24-28-35-42-55(6)7)52-77-81(70,71)75-48-56(63)47-74-80(68,69)76-51-57(49-73-60(65)44-37-30-23-18-20-27-34-41-54(4)5)78-61(66)45-38-31-22-17-14-13-16-19-26-33-40-53(2)3/h53-58,63H,8-52H2,1-7H3,(H,68,69)(H,70,71)/t56-,57-,58-/m1/s1. The van der Waals surface area contributed by atoms with Crippen LogP contribution in [-0.2, 0) is 65.4 Å². The molecule has 0 bridgehead atoms. The molecule has 81 heavy (non-hydrogen) atoms. The summed E-state index contributed by atoms with van der Waals surface area (Å²) in [5.41, 5.74) is 0. The van der Waals surface area contributed by atoms with E-state index in [1.54, 1.807) is 0 Å². The third-order valence-electron chi connectivity index (χ3n) is 14.1. The van der Waals surface area contributed by atoms with E-state index in [4.69, 9.17) is 37.0 Å². The topological polar surface area (TPSA) is 237 Å². The molecule has 0 radical (unpaired) electrons. The van der Waals surface area contributed by atoms with E-state index < -0.39 is 97.5 Å². The Balaban J connectivity index is 5.23. The summed E-state index contributed by atoms with van der Waals surface area (Å²) in [6, 6.07) is 0. The van der Waals surface area contributed by atoms with Crippen LogP contribution in [0.4, 0.5) is 0 Å². The van der Waals surface area contributed by atoms with Gasteiger partial charge in [-0.25, -0.2) is 9.13 Å². The molecule has 0 aliphatic heterocycles. The number of aliphatic hydroxyl groups is 1. The van der Waals surface area contributed by atoms with Crippen LogP contribution in [0, 0.1) is 17.8 Å². The second kappa shape index (κ2) is 53.5. The molecule has 0 amide bonds. The maximum atomic E-state index is 12.9. The molecule has 19 heteroatoms. The van der Waals surface area contributed by atoms with E-state index in [2.05, 4.69) is 48.5 Å². The number of phosphoric acid groups is 2. The van der Waals surface area contributed by atoms with E-state index in [0.29, 0.717) is 37.5 Å². The van der Waals surface area contributed by atoms with Gasteiger partial charge in [0.05, 0.1) is 26.4 Å². The van der Waals surface area contributed by atoms with Crippen LogP contribution in [0.25, 0.3) is 0 Å². The highest BCUT2D eigenvalue weighted by Crippen LogP contribution is 2.45. The van der Waals surface area contributed by atoms with Gasteiger partial charge in [0.1, 0.15) is 19.3 Å². The van der Waals surface area contributed by atoms with Gasteiger partial charge in [-0.15, -0.1) is 0 Å². The summed E-state index contributed by atoms with van der Waals surface area (Å²) in [5, 5.41) is 10.5. The van der Waals surface area contributed by atoms with E-state index >= 15 is 0 Å². The van der Waals surface area contributed by atoms with Crippen molar-refractivity contribution < 1.29 is 80.2 Å². The monoisotopic (exact) mass is 1200 g/mol. The zero-order valence-electron chi connectivity index (χ0n) is 52.2. The van der Waals surface area contributed by atoms with Gasteiger partial charge >= 0.3 is 39.5 Å². The molecular weight excluding hydrogens is 1080 g/mol. The fraction of sp³-hybridized carbons (Fsp3) is 0.935. The summed E-state index contributed by atoms with van der Waals surface area (Å²) in [7, 11) is -9.88. The molecule has 3 N–H and O–H groups in total. The zero-order valence-corrected chi connectivity index (χ0v) is 54.0. The zero-order chi connectivity index (χ0) is 60.3. The number of ether oxygens (including phenoxy) is 4. The van der Waals surface area contributed by atoms with Crippen molar-refractivity contribution in [3.8, 4) is 0 Å². The number of carbonyl (C=O) groups excluding carboxylic acids is 4. The van der Waals surface area contributed by atoms with Gasteiger partial charge in [-0.1, -0.05) is 248 Å². The maximum Gasteiger partial charge on any atom is 0.472 e. The Morgan fingerprint density at radius 2 is 0.568 bits per heavy atom. The van der Waals surface area contributed by atoms with Crippen LogP contribution in [0.3, 0.4) is 0 Å². The van der Waals surface area contributed by atoms with Crippen LogP contribution >= 0.6 is 15.6 Å². The van der Waals surface area contributed by atoms with Crippen molar-refractivity contribution in [2.75, 3.05) is 39.6 Å². The van der Waals surface area contributed by atoms with Crippen LogP contribution in [0.2, 0.25) is 0 Å². The fourth-order valence-electron chi connectivity index (χ4n) is 9.13. The first-order valence-electron chi connectivity index (χ1n) is 32.3. The molecule has 2 unspecified atom stereocenters. The van der Waals surface area contributed by atoms with Crippen LogP contribution in [0.15, 0.2) is 0 Å². The SMILES string of the molecule is CCCCCCCCCCCC(=O)OC[C@H](COP(=O)(O)OC[C@H](O)COP(=O)(O)OC[C@@H](COC(=O)CCCCCCCCCC(C)C)OC(=O)CCCCCCCCCCCCC(C)C)OC(=O)CCCCCCCCC(C)C. The van der Waals surface area contributed by atoms with Crippen molar-refractivity contribution >= 4 is 39.5 Å². The number of hydrogen-bond donors (Lipinski definition) is 3. The van der Waals surface area contributed by atoms with Crippen LogP contribution in [-0.4, -0.2) is 96.7 Å². The molecule has 0 aromatic rings. The highest BCUT2D eigenvalue weighted by atomic mass is 31.2. The second-order valence-electron chi connectivity index (χ2n) is 23.9. The molecule has 5 atom stereocenters. The largest absolute Gasteiger partial charge is 0.472 e. The molecule has 0 aliphatic carbocycles. The highest BCUT2D eigenvalue weighted by Gasteiger charge is 2.30. The molecule has 0 aromatic heterocycles. The average molecular weight is 1200 g/mol. The predicted octanol–water partition coefficient (Wildman–Crippen LogP) is 16.7. The van der Waals surface area contributed by atoms with Crippen molar-refractivity contribution in [2.45, 2.75) is 317 Å². The highest BCUT2D eigenvalue weighted by molar-refractivity contribution is 7.47. The summed E-state index contributed by atoms with van der Waals surface area (Å²) in [6.07, 6.45) is 33.7. The summed E-state index contributed by atoms with van der Waals surface area (Å²) >= 11 is 0. The molecule has 0 saturated carbocycles. The Morgan fingerprint density at radius 1 is 0.333 bits per heavy atom. The number of carbonyl (C=O) groups is 4. The lowest BCUT2D eigenvalue weighted by Crippen LogP contribution is -2.30. The lowest BCUT2D eigenvalue weighted by atomic mass is 10.0. The summed E-state index contributed by atoms with van der Waals surface area (Å²) in [5.74, 6) is -0.0177. The second-order valence-corrected chi connectivity index (χ2v) is 26.8. The third kappa shape index (κ3) is 56.9. The van der Waals surface area contributed by atoms with Crippen LogP contribution in [0.1, 0.15) is 299 Å². The van der Waals surface area contributed by atoms with Gasteiger partial charge in [0.25, 0.3) is 0 Å². The van der Waals surface area contributed by atoms with Gasteiger partial charge in [0.15, 0.2) is 12.2 Å². The minimum atomic E-state index is -4.94. The van der Waals surface area contributed by atoms with Crippen molar-refractivity contribution in [1.29, 1.82) is 0 Å². The Morgan fingerprint density at radius 3 is 0.840 bits per heavy atom. The van der Waals surface area contributed by atoms with E-state index in [1.807, 2.05) is 0 Å². The average Bonchev–Trinajstić information content (AvgIpc) is 3.41. The summed E-state index contributed by atoms with van der Waals surface area (Å²) in [6.45, 7) is 11.6.